The summed E-state index contributed by atoms with van der Waals surface area (Å²) < 4.78 is 0. The molecule has 2 rings (SSSR count). The van der Waals surface area contributed by atoms with E-state index in [4.69, 9.17) is 0 Å². The molecule has 4 heteroatoms. The van der Waals surface area contributed by atoms with Crippen LogP contribution in [0.1, 0.15) is 32.6 Å². The molecular weight excluding hydrogens is 214 g/mol. The van der Waals surface area contributed by atoms with E-state index < -0.39 is 0 Å². The number of carbonyl (C=O) groups excluding carboxylic acids is 1. The first-order chi connectivity index (χ1) is 8.25. The van der Waals surface area contributed by atoms with Crippen molar-refractivity contribution in [2.45, 2.75) is 38.6 Å². The van der Waals surface area contributed by atoms with Crippen LogP contribution in [0.25, 0.3) is 0 Å². The van der Waals surface area contributed by atoms with Crippen LogP contribution in [-0.2, 0) is 4.79 Å². The molecule has 0 aromatic carbocycles. The average Bonchev–Trinajstić information content (AvgIpc) is 2.83. The van der Waals surface area contributed by atoms with Crippen molar-refractivity contribution >= 4 is 5.91 Å². The van der Waals surface area contributed by atoms with E-state index in [1.165, 1.54) is 25.7 Å². The van der Waals surface area contributed by atoms with Crippen LogP contribution in [0.2, 0.25) is 0 Å². The summed E-state index contributed by atoms with van der Waals surface area (Å²) in [6.45, 7) is 7.20. The number of nitrogens with one attached hydrogen (secondary N) is 2. The fourth-order valence-corrected chi connectivity index (χ4v) is 2.78. The van der Waals surface area contributed by atoms with Crippen LogP contribution in [0, 0.1) is 5.92 Å². The Morgan fingerprint density at radius 1 is 1.35 bits per heavy atom. The number of hydrogen-bond acceptors (Lipinski definition) is 3. The van der Waals surface area contributed by atoms with E-state index in [2.05, 4.69) is 15.5 Å². The van der Waals surface area contributed by atoms with Gasteiger partial charge >= 0.3 is 0 Å². The Bertz CT molecular complexity index is 245. The molecule has 2 fully saturated rings. The van der Waals surface area contributed by atoms with Crippen molar-refractivity contribution in [1.29, 1.82) is 0 Å². The second-order valence-electron chi connectivity index (χ2n) is 5.44. The number of carbonyl (C=O) groups is 1. The third kappa shape index (κ3) is 3.96. The Balaban J connectivity index is 1.70. The maximum atomic E-state index is 12.0. The van der Waals surface area contributed by atoms with Crippen molar-refractivity contribution in [2.24, 2.45) is 5.92 Å². The van der Waals surface area contributed by atoms with Gasteiger partial charge in [0.1, 0.15) is 0 Å². The van der Waals surface area contributed by atoms with Crippen LogP contribution in [0.5, 0.6) is 0 Å². The second kappa shape index (κ2) is 6.36. The van der Waals surface area contributed by atoms with Gasteiger partial charge in [0.15, 0.2) is 0 Å². The van der Waals surface area contributed by atoms with Crippen LogP contribution in [0.4, 0.5) is 0 Å². The SMILES string of the molecule is CC(CN1CCNCC1)C(=O)NC1CCCC1. The Hall–Kier alpha value is -0.610. The van der Waals surface area contributed by atoms with Gasteiger partial charge in [-0.3, -0.25) is 4.79 Å². The standard InChI is InChI=1S/C13H25N3O/c1-11(10-16-8-6-14-7-9-16)13(17)15-12-4-2-3-5-12/h11-12,14H,2-10H2,1H3,(H,15,17). The Morgan fingerprint density at radius 3 is 2.65 bits per heavy atom. The van der Waals surface area contributed by atoms with E-state index in [0.717, 1.165) is 32.7 Å². The largest absolute Gasteiger partial charge is 0.353 e. The highest BCUT2D eigenvalue weighted by molar-refractivity contribution is 5.78. The molecule has 98 valence electrons. The van der Waals surface area contributed by atoms with Crippen LogP contribution in [-0.4, -0.2) is 49.6 Å². The van der Waals surface area contributed by atoms with Gasteiger partial charge in [-0.25, -0.2) is 0 Å². The molecule has 1 heterocycles. The van der Waals surface area contributed by atoms with Gasteiger partial charge in [0.25, 0.3) is 0 Å². The Labute approximate surface area is 104 Å². The lowest BCUT2D eigenvalue weighted by Crippen LogP contribution is -2.47. The minimum atomic E-state index is 0.119. The van der Waals surface area contributed by atoms with Crippen LogP contribution < -0.4 is 10.6 Å². The molecule has 1 saturated carbocycles. The molecule has 0 spiro atoms. The minimum Gasteiger partial charge on any atom is -0.353 e. The van der Waals surface area contributed by atoms with Gasteiger partial charge in [0.2, 0.25) is 5.91 Å². The van der Waals surface area contributed by atoms with E-state index in [1.807, 2.05) is 6.92 Å². The highest BCUT2D eigenvalue weighted by Crippen LogP contribution is 2.18. The average molecular weight is 239 g/mol. The van der Waals surface area contributed by atoms with Gasteiger partial charge in [-0.15, -0.1) is 0 Å². The Kier molecular flexibility index (Phi) is 4.80. The number of amides is 1. The maximum Gasteiger partial charge on any atom is 0.224 e. The van der Waals surface area contributed by atoms with E-state index in [0.29, 0.717) is 6.04 Å². The van der Waals surface area contributed by atoms with Crippen molar-refractivity contribution in [2.75, 3.05) is 32.7 Å². The number of piperazine rings is 1. The topological polar surface area (TPSA) is 44.4 Å². The van der Waals surface area contributed by atoms with Gasteiger partial charge in [-0.05, 0) is 12.8 Å². The lowest BCUT2D eigenvalue weighted by Gasteiger charge is -2.29. The number of nitrogens with zero attached hydrogens (tertiary/aromatic N) is 1. The van der Waals surface area contributed by atoms with Crippen molar-refractivity contribution in [3.8, 4) is 0 Å². The highest BCUT2D eigenvalue weighted by atomic mass is 16.1. The summed E-state index contributed by atoms with van der Waals surface area (Å²) >= 11 is 0. The molecule has 1 saturated heterocycles. The molecule has 0 aromatic heterocycles. The van der Waals surface area contributed by atoms with Crippen molar-refractivity contribution in [1.82, 2.24) is 15.5 Å². The maximum absolute atomic E-state index is 12.0. The summed E-state index contributed by atoms with van der Waals surface area (Å²) in [5, 5.41) is 6.52. The fraction of sp³-hybridized carbons (Fsp3) is 0.923. The lowest BCUT2D eigenvalue weighted by molar-refractivity contribution is -0.125. The molecule has 2 N–H and O–H groups in total. The van der Waals surface area contributed by atoms with Gasteiger partial charge in [-0.2, -0.15) is 0 Å². The first-order valence-corrected chi connectivity index (χ1v) is 6.99. The van der Waals surface area contributed by atoms with Crippen molar-refractivity contribution in [3.05, 3.63) is 0 Å². The van der Waals surface area contributed by atoms with Gasteiger partial charge in [-0.1, -0.05) is 19.8 Å². The van der Waals surface area contributed by atoms with Gasteiger partial charge in [0.05, 0.1) is 0 Å². The summed E-state index contributed by atoms with van der Waals surface area (Å²) in [5.41, 5.74) is 0. The zero-order chi connectivity index (χ0) is 12.1. The van der Waals surface area contributed by atoms with E-state index in [9.17, 15) is 4.79 Å². The molecule has 1 atom stereocenters. The second-order valence-corrected chi connectivity index (χ2v) is 5.44. The predicted molar refractivity (Wildman–Crippen MR) is 68.9 cm³/mol. The summed E-state index contributed by atoms with van der Waals surface area (Å²) in [6, 6.07) is 0.452. The molecule has 2 aliphatic rings. The molecule has 17 heavy (non-hydrogen) atoms. The fourth-order valence-electron chi connectivity index (χ4n) is 2.78. The monoisotopic (exact) mass is 239 g/mol. The van der Waals surface area contributed by atoms with Crippen molar-refractivity contribution < 1.29 is 4.79 Å². The summed E-state index contributed by atoms with van der Waals surface area (Å²) in [5.74, 6) is 0.365. The van der Waals surface area contributed by atoms with Crippen LogP contribution >= 0.6 is 0 Å². The molecular formula is C13H25N3O. The van der Waals surface area contributed by atoms with E-state index in [-0.39, 0.29) is 11.8 Å². The number of hydrogen-bond donors (Lipinski definition) is 2. The van der Waals surface area contributed by atoms with Gasteiger partial charge < -0.3 is 15.5 Å². The quantitative estimate of drug-likeness (QED) is 0.754. The third-order valence-electron chi connectivity index (χ3n) is 3.89. The first-order valence-electron chi connectivity index (χ1n) is 6.99. The summed E-state index contributed by atoms with van der Waals surface area (Å²) in [6.07, 6.45) is 4.90. The summed E-state index contributed by atoms with van der Waals surface area (Å²) in [4.78, 5) is 14.4. The summed E-state index contributed by atoms with van der Waals surface area (Å²) in [7, 11) is 0. The normalized spacial score (nSPS) is 24.8. The molecule has 1 aliphatic heterocycles. The van der Waals surface area contributed by atoms with E-state index >= 15 is 0 Å². The Morgan fingerprint density at radius 2 is 2.00 bits per heavy atom. The predicted octanol–water partition coefficient (Wildman–Crippen LogP) is 0.587. The zero-order valence-corrected chi connectivity index (χ0v) is 10.9. The van der Waals surface area contributed by atoms with Crippen LogP contribution in [0.3, 0.4) is 0 Å². The molecule has 0 bridgehead atoms. The van der Waals surface area contributed by atoms with Gasteiger partial charge in [0, 0.05) is 44.7 Å². The number of rotatable bonds is 4. The molecule has 1 unspecified atom stereocenters. The molecule has 0 radical (unpaired) electrons. The lowest BCUT2D eigenvalue weighted by atomic mass is 10.1. The smallest absolute Gasteiger partial charge is 0.224 e. The van der Waals surface area contributed by atoms with E-state index in [1.54, 1.807) is 0 Å². The molecule has 1 aliphatic carbocycles. The molecule has 1 amide bonds. The molecule has 0 aromatic rings. The minimum absolute atomic E-state index is 0.119. The first kappa shape index (κ1) is 12.8. The molecule has 4 nitrogen and oxygen atoms in total. The van der Waals surface area contributed by atoms with Crippen molar-refractivity contribution in [3.63, 3.8) is 0 Å². The third-order valence-corrected chi connectivity index (χ3v) is 3.89. The zero-order valence-electron chi connectivity index (χ0n) is 10.9. The highest BCUT2D eigenvalue weighted by Gasteiger charge is 2.22. The van der Waals surface area contributed by atoms with Crippen LogP contribution in [0.15, 0.2) is 0 Å².